The van der Waals surface area contributed by atoms with Gasteiger partial charge in [-0.3, -0.25) is 0 Å². The summed E-state index contributed by atoms with van der Waals surface area (Å²) in [5.74, 6) is -1.69. The van der Waals surface area contributed by atoms with E-state index in [9.17, 15) is 8.78 Å². The minimum absolute atomic E-state index is 0.0368. The molecule has 1 aromatic heterocycles. The van der Waals surface area contributed by atoms with E-state index in [1.54, 1.807) is 0 Å². The van der Waals surface area contributed by atoms with Crippen molar-refractivity contribution in [3.05, 3.63) is 35.7 Å². The summed E-state index contributed by atoms with van der Waals surface area (Å²) in [5, 5.41) is 3.00. The van der Waals surface area contributed by atoms with Crippen molar-refractivity contribution < 1.29 is 13.5 Å². The van der Waals surface area contributed by atoms with Crippen LogP contribution in [0.5, 0.6) is 0 Å². The number of hydrogen-bond acceptors (Lipinski definition) is 6. The van der Waals surface area contributed by atoms with Crippen LogP contribution in [0, 0.1) is 11.6 Å². The molecule has 1 aromatic carbocycles. The van der Waals surface area contributed by atoms with Crippen LogP contribution in [0.15, 0.2) is 18.2 Å². The fourth-order valence-electron chi connectivity index (χ4n) is 2.60. The smallest absolute Gasteiger partial charge is 0.250 e. The van der Waals surface area contributed by atoms with Gasteiger partial charge in [0.15, 0.2) is 11.6 Å². The predicted molar refractivity (Wildman–Crippen MR) is 99.9 cm³/mol. The van der Waals surface area contributed by atoms with Crippen molar-refractivity contribution in [1.82, 2.24) is 15.0 Å². The maximum Gasteiger partial charge on any atom is 0.250 e. The second-order valence-corrected chi connectivity index (χ2v) is 8.57. The van der Waals surface area contributed by atoms with Gasteiger partial charge in [0.2, 0.25) is 9.74 Å². The summed E-state index contributed by atoms with van der Waals surface area (Å²) in [6.45, 7) is 1.46. The van der Waals surface area contributed by atoms with Gasteiger partial charge in [0.1, 0.15) is 11.6 Å². The predicted octanol–water partition coefficient (Wildman–Crippen LogP) is 3.56. The number of rotatable bonds is 4. The van der Waals surface area contributed by atoms with Crippen molar-refractivity contribution in [3.63, 3.8) is 0 Å². The second kappa shape index (κ2) is 7.97. The topological polar surface area (TPSA) is 86.0 Å². The lowest BCUT2D eigenvalue weighted by Crippen LogP contribution is -2.50. The maximum atomic E-state index is 13.6. The maximum absolute atomic E-state index is 13.6. The highest BCUT2D eigenvalue weighted by Crippen LogP contribution is 2.37. The van der Waals surface area contributed by atoms with E-state index in [-0.39, 0.29) is 23.2 Å². The van der Waals surface area contributed by atoms with Gasteiger partial charge in [-0.25, -0.2) is 13.8 Å². The lowest BCUT2D eigenvalue weighted by atomic mass is 9.91. The molecular formula is C16H16Cl3F2N5O. The summed E-state index contributed by atoms with van der Waals surface area (Å²) in [5.41, 5.74) is 5.91. The van der Waals surface area contributed by atoms with Gasteiger partial charge < -0.3 is 15.8 Å². The molecule has 2 aromatic rings. The van der Waals surface area contributed by atoms with E-state index in [2.05, 4.69) is 20.3 Å². The van der Waals surface area contributed by atoms with Crippen LogP contribution < -0.4 is 11.1 Å². The van der Waals surface area contributed by atoms with E-state index in [0.29, 0.717) is 32.6 Å². The van der Waals surface area contributed by atoms with Crippen LogP contribution in [-0.4, -0.2) is 40.2 Å². The Balaban J connectivity index is 1.93. The number of halogens is 5. The molecule has 0 unspecified atom stereocenters. The molecule has 1 aliphatic heterocycles. The molecule has 0 amide bonds. The molecule has 2 heterocycles. The van der Waals surface area contributed by atoms with Crippen LogP contribution in [0.1, 0.15) is 18.7 Å². The molecule has 27 heavy (non-hydrogen) atoms. The van der Waals surface area contributed by atoms with Gasteiger partial charge in [0.05, 0.1) is 0 Å². The zero-order valence-electron chi connectivity index (χ0n) is 14.0. The second-order valence-electron chi connectivity index (χ2n) is 6.29. The first-order chi connectivity index (χ1) is 12.6. The van der Waals surface area contributed by atoms with Gasteiger partial charge in [0.25, 0.3) is 0 Å². The number of hydrogen-bond donors (Lipinski definition) is 2. The van der Waals surface area contributed by atoms with Gasteiger partial charge in [-0.15, -0.1) is 0 Å². The molecule has 1 fully saturated rings. The van der Waals surface area contributed by atoms with Crippen LogP contribution in [-0.2, 0) is 8.53 Å². The normalized spacial score (nSPS) is 17.0. The largest absolute Gasteiger partial charge is 0.381 e. The van der Waals surface area contributed by atoms with Crippen LogP contribution in [0.3, 0.4) is 0 Å². The van der Waals surface area contributed by atoms with E-state index in [1.807, 2.05) is 0 Å². The molecule has 3 rings (SSSR count). The van der Waals surface area contributed by atoms with Gasteiger partial charge >= 0.3 is 0 Å². The Labute approximate surface area is 169 Å². The highest BCUT2D eigenvalue weighted by Gasteiger charge is 2.31. The number of anilines is 1. The number of nitrogens with two attached hydrogens (primary N) is 1. The first kappa shape index (κ1) is 20.4. The third kappa shape index (κ3) is 5.36. The average molecular weight is 439 g/mol. The highest BCUT2D eigenvalue weighted by molar-refractivity contribution is 6.66. The van der Waals surface area contributed by atoms with Crippen LogP contribution in [0.4, 0.5) is 14.7 Å². The number of aromatic nitrogens is 3. The molecule has 0 atom stereocenters. The van der Waals surface area contributed by atoms with Crippen molar-refractivity contribution in [2.75, 3.05) is 25.1 Å². The van der Waals surface area contributed by atoms with Gasteiger partial charge in [-0.1, -0.05) is 34.8 Å². The summed E-state index contributed by atoms with van der Waals surface area (Å²) >= 11 is 17.7. The lowest BCUT2D eigenvalue weighted by molar-refractivity contribution is 0.0574. The Hall–Kier alpha value is -1.32. The molecule has 6 nitrogen and oxygen atoms in total. The van der Waals surface area contributed by atoms with Gasteiger partial charge in [0, 0.05) is 36.9 Å². The van der Waals surface area contributed by atoms with E-state index in [1.165, 1.54) is 0 Å². The van der Waals surface area contributed by atoms with E-state index in [4.69, 9.17) is 45.3 Å². The quantitative estimate of drug-likeness (QED) is 0.710. The molecule has 0 radical (unpaired) electrons. The first-order valence-corrected chi connectivity index (χ1v) is 9.18. The Morgan fingerprint density at radius 3 is 2.30 bits per heavy atom. The number of benzene rings is 1. The molecule has 1 saturated heterocycles. The Bertz CT molecular complexity index is 808. The zero-order valence-corrected chi connectivity index (χ0v) is 16.3. The number of alkyl halides is 3. The SMILES string of the molecule is NC1(CNc2nc(-c3cc(F)cc(F)c3)nc(C(Cl)(Cl)Cl)n2)CCOCC1. The molecule has 11 heteroatoms. The van der Waals surface area contributed by atoms with Crippen molar-refractivity contribution in [2.24, 2.45) is 5.73 Å². The van der Waals surface area contributed by atoms with E-state index >= 15 is 0 Å². The zero-order chi connectivity index (χ0) is 19.7. The summed E-state index contributed by atoms with van der Waals surface area (Å²) in [7, 11) is 0. The molecule has 0 bridgehead atoms. The van der Waals surface area contributed by atoms with Crippen LogP contribution in [0.2, 0.25) is 0 Å². The van der Waals surface area contributed by atoms with Gasteiger partial charge in [-0.2, -0.15) is 9.97 Å². The van der Waals surface area contributed by atoms with E-state index < -0.39 is 21.0 Å². The Morgan fingerprint density at radius 1 is 1.07 bits per heavy atom. The van der Waals surface area contributed by atoms with Gasteiger partial charge in [-0.05, 0) is 25.0 Å². The average Bonchev–Trinajstić information content (AvgIpc) is 2.59. The van der Waals surface area contributed by atoms with E-state index in [0.717, 1.165) is 18.2 Å². The summed E-state index contributed by atoms with van der Waals surface area (Å²) in [6.07, 6.45) is 1.31. The van der Waals surface area contributed by atoms with Crippen molar-refractivity contribution in [3.8, 4) is 11.4 Å². The Kier molecular flexibility index (Phi) is 6.02. The minimum atomic E-state index is -1.95. The number of nitrogens with zero attached hydrogens (tertiary/aromatic N) is 3. The number of ether oxygens (including phenoxy) is 1. The van der Waals surface area contributed by atoms with Crippen molar-refractivity contribution in [1.29, 1.82) is 0 Å². The number of nitrogens with one attached hydrogen (secondary N) is 1. The molecule has 3 N–H and O–H groups in total. The van der Waals surface area contributed by atoms with Crippen LogP contribution >= 0.6 is 34.8 Å². The molecule has 0 saturated carbocycles. The standard InChI is InChI=1S/C16H16Cl3F2N5O/c17-16(18,19)13-24-12(9-5-10(20)7-11(21)6-9)25-14(26-13)23-8-15(22)1-3-27-4-2-15/h5-7H,1-4,8,22H2,(H,23,24,25,26). The molecule has 1 aliphatic rings. The van der Waals surface area contributed by atoms with Crippen LogP contribution in [0.25, 0.3) is 11.4 Å². The molecule has 0 spiro atoms. The Morgan fingerprint density at radius 2 is 1.70 bits per heavy atom. The first-order valence-electron chi connectivity index (χ1n) is 8.05. The van der Waals surface area contributed by atoms with Crippen molar-refractivity contribution >= 4 is 40.8 Å². The molecular weight excluding hydrogens is 423 g/mol. The summed E-state index contributed by atoms with van der Waals surface area (Å²) < 4.78 is 30.5. The fourth-order valence-corrected chi connectivity index (χ4v) is 2.86. The summed E-state index contributed by atoms with van der Waals surface area (Å²) in [4.78, 5) is 12.3. The lowest BCUT2D eigenvalue weighted by Gasteiger charge is -2.33. The van der Waals surface area contributed by atoms with Crippen molar-refractivity contribution in [2.45, 2.75) is 22.2 Å². The third-order valence-electron chi connectivity index (χ3n) is 4.10. The molecule has 146 valence electrons. The highest BCUT2D eigenvalue weighted by atomic mass is 35.6. The third-order valence-corrected chi connectivity index (χ3v) is 4.60. The monoisotopic (exact) mass is 437 g/mol. The minimum Gasteiger partial charge on any atom is -0.381 e. The fraction of sp³-hybridized carbons (Fsp3) is 0.438. The molecule has 0 aliphatic carbocycles. The summed E-state index contributed by atoms with van der Waals surface area (Å²) in [6, 6.07) is 2.89.